The molecule has 1 fully saturated rings. The Hall–Kier alpha value is -1.06. The number of carboxylic acid groups (broad SMARTS) is 1. The number of rotatable bonds is 4. The van der Waals surface area contributed by atoms with Crippen molar-refractivity contribution in [2.75, 3.05) is 7.05 Å². The second-order valence-corrected chi connectivity index (χ2v) is 4.37. The first-order chi connectivity index (χ1) is 7.02. The molecule has 1 atom stereocenters. The van der Waals surface area contributed by atoms with Crippen molar-refractivity contribution >= 4 is 11.9 Å². The van der Waals surface area contributed by atoms with E-state index in [1.807, 2.05) is 0 Å². The molecule has 86 valence electrons. The third kappa shape index (κ3) is 3.22. The number of carbonyl (C=O) groups excluding carboxylic acids is 1. The summed E-state index contributed by atoms with van der Waals surface area (Å²) >= 11 is 0. The van der Waals surface area contributed by atoms with Gasteiger partial charge in [-0.15, -0.1) is 0 Å². The summed E-state index contributed by atoms with van der Waals surface area (Å²) in [7, 11) is 1.57. The van der Waals surface area contributed by atoms with E-state index in [-0.39, 0.29) is 5.91 Å². The Balaban J connectivity index is 2.41. The zero-order chi connectivity index (χ0) is 11.4. The smallest absolute Gasteiger partial charge is 0.326 e. The van der Waals surface area contributed by atoms with Gasteiger partial charge in [-0.1, -0.05) is 12.8 Å². The van der Waals surface area contributed by atoms with Gasteiger partial charge in [0.1, 0.15) is 6.04 Å². The van der Waals surface area contributed by atoms with E-state index in [0.717, 1.165) is 12.8 Å². The average Bonchev–Trinajstić information content (AvgIpc) is 2.67. The highest BCUT2D eigenvalue weighted by atomic mass is 16.4. The van der Waals surface area contributed by atoms with Crippen LogP contribution in [0.4, 0.5) is 0 Å². The van der Waals surface area contributed by atoms with Gasteiger partial charge >= 0.3 is 5.97 Å². The summed E-state index contributed by atoms with van der Waals surface area (Å²) in [5.41, 5.74) is 0. The van der Waals surface area contributed by atoms with Crippen LogP contribution in [-0.4, -0.2) is 35.0 Å². The van der Waals surface area contributed by atoms with E-state index >= 15 is 0 Å². The van der Waals surface area contributed by atoms with Crippen molar-refractivity contribution in [1.82, 2.24) is 4.90 Å². The fraction of sp³-hybridized carbons (Fsp3) is 0.818. The van der Waals surface area contributed by atoms with Crippen molar-refractivity contribution in [3.63, 3.8) is 0 Å². The molecule has 1 rings (SSSR count). The molecule has 1 aliphatic rings. The third-order valence-corrected chi connectivity index (χ3v) is 3.27. The van der Waals surface area contributed by atoms with Crippen LogP contribution in [0.15, 0.2) is 0 Å². The van der Waals surface area contributed by atoms with Crippen LogP contribution in [0.2, 0.25) is 0 Å². The van der Waals surface area contributed by atoms with Crippen molar-refractivity contribution in [1.29, 1.82) is 0 Å². The Labute approximate surface area is 90.3 Å². The van der Waals surface area contributed by atoms with Gasteiger partial charge in [-0.25, -0.2) is 4.79 Å². The molecule has 1 aliphatic carbocycles. The number of amides is 1. The molecule has 0 bridgehead atoms. The van der Waals surface area contributed by atoms with E-state index < -0.39 is 12.0 Å². The zero-order valence-electron chi connectivity index (χ0n) is 9.40. The lowest BCUT2D eigenvalue weighted by Crippen LogP contribution is -2.40. The monoisotopic (exact) mass is 213 g/mol. The Kier molecular flexibility index (Phi) is 4.12. The molecular weight excluding hydrogens is 194 g/mol. The Morgan fingerprint density at radius 3 is 2.40 bits per heavy atom. The van der Waals surface area contributed by atoms with Crippen molar-refractivity contribution in [2.24, 2.45) is 5.92 Å². The lowest BCUT2D eigenvalue weighted by molar-refractivity contribution is -0.148. The van der Waals surface area contributed by atoms with Crippen molar-refractivity contribution < 1.29 is 14.7 Å². The van der Waals surface area contributed by atoms with Crippen molar-refractivity contribution in [3.05, 3.63) is 0 Å². The first-order valence-electron chi connectivity index (χ1n) is 5.51. The number of carboxylic acids is 1. The highest BCUT2D eigenvalue weighted by Gasteiger charge is 2.25. The van der Waals surface area contributed by atoms with Gasteiger partial charge in [-0.3, -0.25) is 4.79 Å². The van der Waals surface area contributed by atoms with Crippen LogP contribution in [0.25, 0.3) is 0 Å². The van der Waals surface area contributed by atoms with Crippen LogP contribution < -0.4 is 0 Å². The molecule has 4 nitrogen and oxygen atoms in total. The molecule has 0 aromatic carbocycles. The molecule has 1 unspecified atom stereocenters. The van der Waals surface area contributed by atoms with Crippen LogP contribution in [0.5, 0.6) is 0 Å². The van der Waals surface area contributed by atoms with Crippen LogP contribution in [0.1, 0.15) is 39.0 Å². The van der Waals surface area contributed by atoms with E-state index in [1.54, 1.807) is 7.05 Å². The predicted molar refractivity (Wildman–Crippen MR) is 56.4 cm³/mol. The van der Waals surface area contributed by atoms with Gasteiger partial charge in [-0.05, 0) is 25.7 Å². The average molecular weight is 213 g/mol. The number of hydrogen-bond acceptors (Lipinski definition) is 2. The zero-order valence-corrected chi connectivity index (χ0v) is 9.40. The lowest BCUT2D eigenvalue weighted by Gasteiger charge is -2.22. The van der Waals surface area contributed by atoms with E-state index in [0.29, 0.717) is 12.3 Å². The largest absolute Gasteiger partial charge is 0.480 e. The number of nitrogens with zero attached hydrogens (tertiary/aromatic N) is 1. The lowest BCUT2D eigenvalue weighted by atomic mass is 10.0. The molecule has 0 radical (unpaired) electrons. The first kappa shape index (κ1) is 12.0. The van der Waals surface area contributed by atoms with Crippen LogP contribution >= 0.6 is 0 Å². The normalized spacial score (nSPS) is 18.8. The summed E-state index contributed by atoms with van der Waals surface area (Å²) in [6.45, 7) is 1.54. The standard InChI is InChI=1S/C11H19NO3/c1-8(11(14)15)12(2)10(13)7-9-5-3-4-6-9/h8-9H,3-7H2,1-2H3,(H,14,15). The molecule has 4 heteroatoms. The minimum absolute atomic E-state index is 0.0446. The molecule has 1 saturated carbocycles. The fourth-order valence-corrected chi connectivity index (χ4v) is 1.99. The van der Waals surface area contributed by atoms with Gasteiger partial charge in [0, 0.05) is 13.5 Å². The fourth-order valence-electron chi connectivity index (χ4n) is 1.99. The number of aliphatic carboxylic acids is 1. The number of carbonyl (C=O) groups is 2. The van der Waals surface area contributed by atoms with Gasteiger partial charge in [0.05, 0.1) is 0 Å². The summed E-state index contributed by atoms with van der Waals surface area (Å²) in [5.74, 6) is -0.519. The number of likely N-dealkylation sites (N-methyl/N-ethyl adjacent to an activating group) is 1. The molecule has 0 aliphatic heterocycles. The second kappa shape index (κ2) is 5.14. The highest BCUT2D eigenvalue weighted by molar-refractivity contribution is 5.83. The maximum atomic E-state index is 11.7. The molecular formula is C11H19NO3. The molecule has 0 saturated heterocycles. The first-order valence-corrected chi connectivity index (χ1v) is 5.51. The Bertz CT molecular complexity index is 246. The minimum atomic E-state index is -0.947. The maximum absolute atomic E-state index is 11.7. The topological polar surface area (TPSA) is 57.6 Å². The van der Waals surface area contributed by atoms with E-state index in [2.05, 4.69) is 0 Å². The summed E-state index contributed by atoms with van der Waals surface area (Å²) in [4.78, 5) is 23.7. The van der Waals surface area contributed by atoms with Gasteiger partial charge in [0.2, 0.25) is 5.91 Å². The summed E-state index contributed by atoms with van der Waals surface area (Å²) < 4.78 is 0. The summed E-state index contributed by atoms with van der Waals surface area (Å²) in [6, 6.07) is -0.723. The van der Waals surface area contributed by atoms with E-state index in [1.165, 1.54) is 24.7 Å². The van der Waals surface area contributed by atoms with Gasteiger partial charge in [0.15, 0.2) is 0 Å². The van der Waals surface area contributed by atoms with Gasteiger partial charge in [-0.2, -0.15) is 0 Å². The molecule has 15 heavy (non-hydrogen) atoms. The quantitative estimate of drug-likeness (QED) is 0.769. The Morgan fingerprint density at radius 1 is 1.40 bits per heavy atom. The SMILES string of the molecule is CC(C(=O)O)N(C)C(=O)CC1CCCC1. The summed E-state index contributed by atoms with van der Waals surface area (Å²) in [6.07, 6.45) is 5.14. The van der Waals surface area contributed by atoms with Crippen molar-refractivity contribution in [2.45, 2.75) is 45.1 Å². The highest BCUT2D eigenvalue weighted by Crippen LogP contribution is 2.28. The second-order valence-electron chi connectivity index (χ2n) is 4.37. The van der Waals surface area contributed by atoms with Gasteiger partial charge in [0.25, 0.3) is 0 Å². The third-order valence-electron chi connectivity index (χ3n) is 3.27. The molecule has 0 spiro atoms. The molecule has 0 aromatic heterocycles. The molecule has 0 heterocycles. The summed E-state index contributed by atoms with van der Waals surface area (Å²) in [5, 5.41) is 8.77. The maximum Gasteiger partial charge on any atom is 0.326 e. The van der Waals surface area contributed by atoms with Crippen molar-refractivity contribution in [3.8, 4) is 0 Å². The molecule has 0 aromatic rings. The minimum Gasteiger partial charge on any atom is -0.480 e. The Morgan fingerprint density at radius 2 is 1.93 bits per heavy atom. The van der Waals surface area contributed by atoms with Crippen LogP contribution in [-0.2, 0) is 9.59 Å². The van der Waals surface area contributed by atoms with E-state index in [9.17, 15) is 9.59 Å². The van der Waals surface area contributed by atoms with Gasteiger partial charge < -0.3 is 10.0 Å². The van der Waals surface area contributed by atoms with Crippen LogP contribution in [0.3, 0.4) is 0 Å². The van der Waals surface area contributed by atoms with E-state index in [4.69, 9.17) is 5.11 Å². The predicted octanol–water partition coefficient (Wildman–Crippen LogP) is 1.50. The van der Waals surface area contributed by atoms with Crippen LogP contribution in [0, 0.1) is 5.92 Å². The number of hydrogen-bond donors (Lipinski definition) is 1. The molecule has 1 amide bonds. The molecule has 1 N–H and O–H groups in total.